The molecule has 3 unspecified atom stereocenters. The smallest absolute Gasteiger partial charge is 0.251 e. The van der Waals surface area contributed by atoms with E-state index in [0.717, 1.165) is 22.7 Å². The largest absolute Gasteiger partial charge is 0.381 e. The molecular weight excluding hydrogens is 236 g/mol. The van der Waals surface area contributed by atoms with E-state index in [1.54, 1.807) is 7.05 Å². The lowest BCUT2D eigenvalue weighted by Gasteiger charge is -2.41. The van der Waals surface area contributed by atoms with Crippen molar-refractivity contribution >= 4 is 11.6 Å². The fraction of sp³-hybridized carbons (Fsp3) is 0.438. The first-order valence-electron chi connectivity index (χ1n) is 6.95. The van der Waals surface area contributed by atoms with Crippen LogP contribution in [0.5, 0.6) is 0 Å². The van der Waals surface area contributed by atoms with Crippen molar-refractivity contribution in [3.63, 3.8) is 0 Å². The van der Waals surface area contributed by atoms with Crippen LogP contribution < -0.4 is 10.6 Å². The summed E-state index contributed by atoms with van der Waals surface area (Å²) in [6.07, 6.45) is 7.11. The van der Waals surface area contributed by atoms with Gasteiger partial charge in [0.15, 0.2) is 0 Å². The lowest BCUT2D eigenvalue weighted by atomic mass is 9.71. The molecule has 0 saturated heterocycles. The minimum Gasteiger partial charge on any atom is -0.381 e. The number of hydrogen-bond acceptors (Lipinski definition) is 2. The second-order valence-electron chi connectivity index (χ2n) is 5.55. The topological polar surface area (TPSA) is 41.1 Å². The van der Waals surface area contributed by atoms with Crippen molar-refractivity contribution in [2.24, 2.45) is 11.8 Å². The maximum Gasteiger partial charge on any atom is 0.251 e. The predicted molar refractivity (Wildman–Crippen MR) is 77.3 cm³/mol. The molecule has 2 aliphatic carbocycles. The number of allylic oxidation sites excluding steroid dienone is 1. The molecule has 0 heterocycles. The number of carbonyl (C=O) groups is 1. The molecule has 1 saturated carbocycles. The minimum atomic E-state index is -0.0200. The summed E-state index contributed by atoms with van der Waals surface area (Å²) in [6, 6.07) is 6.41. The molecule has 0 bridgehead atoms. The molecule has 0 aromatic heterocycles. The molecule has 3 atom stereocenters. The molecule has 2 N–H and O–H groups in total. The molecule has 0 radical (unpaired) electrons. The van der Waals surface area contributed by atoms with Crippen LogP contribution in [-0.4, -0.2) is 19.0 Å². The van der Waals surface area contributed by atoms with Crippen LogP contribution in [0.15, 0.2) is 30.4 Å². The van der Waals surface area contributed by atoms with E-state index >= 15 is 0 Å². The van der Waals surface area contributed by atoms with Gasteiger partial charge in [-0.3, -0.25) is 4.79 Å². The zero-order chi connectivity index (χ0) is 13.4. The molecule has 1 aromatic rings. The number of rotatable bonds is 3. The van der Waals surface area contributed by atoms with E-state index in [2.05, 4.69) is 28.9 Å². The van der Waals surface area contributed by atoms with Crippen molar-refractivity contribution < 1.29 is 4.79 Å². The van der Waals surface area contributed by atoms with Crippen LogP contribution in [0.25, 0.3) is 0 Å². The van der Waals surface area contributed by atoms with E-state index in [1.807, 2.05) is 19.1 Å². The molecule has 0 spiro atoms. The van der Waals surface area contributed by atoms with Crippen molar-refractivity contribution in [2.45, 2.75) is 25.8 Å². The third kappa shape index (κ3) is 2.03. The molecule has 3 heteroatoms. The Morgan fingerprint density at radius 3 is 2.95 bits per heavy atom. The van der Waals surface area contributed by atoms with Crippen LogP contribution in [-0.2, 0) is 0 Å². The summed E-state index contributed by atoms with van der Waals surface area (Å²) in [4.78, 5) is 11.8. The summed E-state index contributed by atoms with van der Waals surface area (Å²) in [5.41, 5.74) is 2.88. The molecule has 3 nitrogen and oxygen atoms in total. The van der Waals surface area contributed by atoms with Crippen LogP contribution in [0.4, 0.5) is 5.69 Å². The lowest BCUT2D eigenvalue weighted by molar-refractivity contribution is 0.0962. The Hall–Kier alpha value is -1.77. The SMILES string of the molecule is CNC(=O)c1cccc(NC2CC3CC=CC32)c1C. The van der Waals surface area contributed by atoms with Crippen LogP contribution in [0, 0.1) is 18.8 Å². The van der Waals surface area contributed by atoms with Gasteiger partial charge >= 0.3 is 0 Å². The van der Waals surface area contributed by atoms with E-state index in [4.69, 9.17) is 0 Å². The first-order chi connectivity index (χ1) is 9.20. The second-order valence-corrected chi connectivity index (χ2v) is 5.55. The van der Waals surface area contributed by atoms with Crippen molar-refractivity contribution in [2.75, 3.05) is 12.4 Å². The van der Waals surface area contributed by atoms with Gasteiger partial charge in [0.1, 0.15) is 0 Å². The van der Waals surface area contributed by atoms with Gasteiger partial charge in [0, 0.05) is 30.3 Å². The molecule has 100 valence electrons. The molecule has 1 amide bonds. The van der Waals surface area contributed by atoms with E-state index in [1.165, 1.54) is 12.8 Å². The van der Waals surface area contributed by atoms with E-state index in [0.29, 0.717) is 12.0 Å². The van der Waals surface area contributed by atoms with Gasteiger partial charge in [-0.2, -0.15) is 0 Å². The maximum absolute atomic E-state index is 11.8. The minimum absolute atomic E-state index is 0.0200. The predicted octanol–water partition coefficient (Wildman–Crippen LogP) is 2.73. The molecular formula is C16H20N2O. The third-order valence-corrected chi connectivity index (χ3v) is 4.51. The van der Waals surface area contributed by atoms with Crippen LogP contribution in [0.3, 0.4) is 0 Å². The third-order valence-electron chi connectivity index (χ3n) is 4.51. The van der Waals surface area contributed by atoms with Gasteiger partial charge in [-0.1, -0.05) is 18.2 Å². The van der Waals surface area contributed by atoms with Gasteiger partial charge < -0.3 is 10.6 Å². The average Bonchev–Trinajstić information content (AvgIpc) is 2.78. The van der Waals surface area contributed by atoms with E-state index < -0.39 is 0 Å². The van der Waals surface area contributed by atoms with Gasteiger partial charge in [0.25, 0.3) is 5.91 Å². The molecule has 0 aliphatic heterocycles. The molecule has 2 aliphatic rings. The maximum atomic E-state index is 11.8. The highest BCUT2D eigenvalue weighted by Crippen LogP contribution is 2.44. The fourth-order valence-electron chi connectivity index (χ4n) is 3.26. The van der Waals surface area contributed by atoms with Gasteiger partial charge in [-0.05, 0) is 43.4 Å². The lowest BCUT2D eigenvalue weighted by Crippen LogP contribution is -2.43. The molecule has 19 heavy (non-hydrogen) atoms. The van der Waals surface area contributed by atoms with Crippen molar-refractivity contribution in [1.82, 2.24) is 5.32 Å². The number of amides is 1. The van der Waals surface area contributed by atoms with Crippen molar-refractivity contribution in [3.8, 4) is 0 Å². The zero-order valence-electron chi connectivity index (χ0n) is 11.4. The normalized spacial score (nSPS) is 27.6. The number of nitrogens with one attached hydrogen (secondary N) is 2. The summed E-state index contributed by atoms with van der Waals surface area (Å²) in [5, 5.41) is 6.30. The summed E-state index contributed by atoms with van der Waals surface area (Å²) < 4.78 is 0. The van der Waals surface area contributed by atoms with Crippen LogP contribution in [0.2, 0.25) is 0 Å². The number of benzene rings is 1. The monoisotopic (exact) mass is 256 g/mol. The van der Waals surface area contributed by atoms with E-state index in [-0.39, 0.29) is 5.91 Å². The van der Waals surface area contributed by atoms with Crippen LogP contribution in [0.1, 0.15) is 28.8 Å². The first kappa shape index (κ1) is 12.3. The van der Waals surface area contributed by atoms with Gasteiger partial charge in [0.05, 0.1) is 0 Å². The molecule has 3 rings (SSSR count). The Labute approximate surface area is 114 Å². The molecule has 1 fully saturated rings. The number of fused-ring (bicyclic) bond motifs is 1. The highest BCUT2D eigenvalue weighted by molar-refractivity contribution is 5.96. The highest BCUT2D eigenvalue weighted by atomic mass is 16.1. The highest BCUT2D eigenvalue weighted by Gasteiger charge is 2.41. The quantitative estimate of drug-likeness (QED) is 0.816. The Bertz CT molecular complexity index is 536. The Kier molecular flexibility index (Phi) is 3.05. The van der Waals surface area contributed by atoms with Gasteiger partial charge in [-0.15, -0.1) is 0 Å². The number of hydrogen-bond donors (Lipinski definition) is 2. The van der Waals surface area contributed by atoms with Gasteiger partial charge in [-0.25, -0.2) is 0 Å². The van der Waals surface area contributed by atoms with Crippen molar-refractivity contribution in [3.05, 3.63) is 41.5 Å². The summed E-state index contributed by atoms with van der Waals surface area (Å²) in [6.45, 7) is 2.01. The standard InChI is InChI=1S/C16H20N2O/c1-10-12(16(19)17-2)6-4-8-14(10)18-15-9-11-5-3-7-13(11)15/h3-4,6-8,11,13,15,18H,5,9H2,1-2H3,(H,17,19). The summed E-state index contributed by atoms with van der Waals surface area (Å²) in [5.74, 6) is 1.51. The van der Waals surface area contributed by atoms with Crippen LogP contribution >= 0.6 is 0 Å². The summed E-state index contributed by atoms with van der Waals surface area (Å²) in [7, 11) is 1.67. The fourth-order valence-corrected chi connectivity index (χ4v) is 3.26. The Morgan fingerprint density at radius 1 is 1.37 bits per heavy atom. The molecule has 1 aromatic carbocycles. The van der Waals surface area contributed by atoms with Gasteiger partial charge in [0.2, 0.25) is 0 Å². The first-order valence-corrected chi connectivity index (χ1v) is 6.95. The Morgan fingerprint density at radius 2 is 2.21 bits per heavy atom. The summed E-state index contributed by atoms with van der Waals surface area (Å²) >= 11 is 0. The van der Waals surface area contributed by atoms with E-state index in [9.17, 15) is 4.79 Å². The number of anilines is 1. The van der Waals surface area contributed by atoms with Crippen molar-refractivity contribution in [1.29, 1.82) is 0 Å². The average molecular weight is 256 g/mol. The Balaban J connectivity index is 1.78. The number of carbonyl (C=O) groups excluding carboxylic acids is 1. The zero-order valence-corrected chi connectivity index (χ0v) is 11.4. The second kappa shape index (κ2) is 4.72.